The van der Waals surface area contributed by atoms with E-state index in [1.165, 1.54) is 5.56 Å². The SMILES string of the molecule is CC.CC.CCc1conc1C. The van der Waals surface area contributed by atoms with Gasteiger partial charge in [-0.15, -0.1) is 0 Å². The van der Waals surface area contributed by atoms with Crippen molar-refractivity contribution in [2.24, 2.45) is 0 Å². The fourth-order valence-corrected chi connectivity index (χ4v) is 0.652. The van der Waals surface area contributed by atoms with Gasteiger partial charge < -0.3 is 4.52 Å². The van der Waals surface area contributed by atoms with Crippen LogP contribution in [0.1, 0.15) is 45.9 Å². The summed E-state index contributed by atoms with van der Waals surface area (Å²) in [6.45, 7) is 12.0. The molecule has 0 atom stereocenters. The first-order chi connectivity index (χ1) is 5.84. The molecule has 1 aromatic rings. The Morgan fingerprint density at radius 1 is 1.25 bits per heavy atom. The summed E-state index contributed by atoms with van der Waals surface area (Å²) in [6, 6.07) is 0. The van der Waals surface area contributed by atoms with Gasteiger partial charge in [0.05, 0.1) is 5.69 Å². The normalized spacial score (nSPS) is 7.50. The molecule has 0 bridgehead atoms. The maximum absolute atomic E-state index is 4.69. The van der Waals surface area contributed by atoms with E-state index in [1.807, 2.05) is 34.6 Å². The third-order valence-electron chi connectivity index (χ3n) is 1.23. The van der Waals surface area contributed by atoms with Gasteiger partial charge in [-0.25, -0.2) is 0 Å². The second-order valence-electron chi connectivity index (χ2n) is 1.78. The van der Waals surface area contributed by atoms with Gasteiger partial charge in [0.1, 0.15) is 6.26 Å². The average molecular weight is 171 g/mol. The first kappa shape index (κ1) is 13.8. The zero-order valence-corrected chi connectivity index (χ0v) is 9.14. The van der Waals surface area contributed by atoms with Crippen molar-refractivity contribution in [3.63, 3.8) is 0 Å². The first-order valence-electron chi connectivity index (χ1n) is 4.74. The monoisotopic (exact) mass is 171 g/mol. The van der Waals surface area contributed by atoms with E-state index in [9.17, 15) is 0 Å². The highest BCUT2D eigenvalue weighted by atomic mass is 16.5. The Labute approximate surface area is 76.0 Å². The summed E-state index contributed by atoms with van der Waals surface area (Å²) < 4.78 is 4.69. The maximum atomic E-state index is 4.69. The molecule has 12 heavy (non-hydrogen) atoms. The van der Waals surface area contributed by atoms with E-state index < -0.39 is 0 Å². The summed E-state index contributed by atoms with van der Waals surface area (Å²) in [5, 5.41) is 3.71. The molecule has 0 aliphatic carbocycles. The molecule has 0 saturated heterocycles. The Bertz CT molecular complexity index is 170. The minimum atomic E-state index is 1.01. The smallest absolute Gasteiger partial charge is 0.127 e. The molecule has 0 fully saturated rings. The van der Waals surface area contributed by atoms with E-state index in [1.54, 1.807) is 6.26 Å². The van der Waals surface area contributed by atoms with E-state index >= 15 is 0 Å². The van der Waals surface area contributed by atoms with Gasteiger partial charge in [0, 0.05) is 5.56 Å². The van der Waals surface area contributed by atoms with Gasteiger partial charge >= 0.3 is 0 Å². The molecule has 0 N–H and O–H groups in total. The summed E-state index contributed by atoms with van der Waals surface area (Å²) in [4.78, 5) is 0. The molecule has 0 radical (unpaired) electrons. The zero-order valence-electron chi connectivity index (χ0n) is 9.14. The van der Waals surface area contributed by atoms with Crippen LogP contribution in [0.15, 0.2) is 10.8 Å². The Morgan fingerprint density at radius 3 is 1.92 bits per heavy atom. The number of aromatic nitrogens is 1. The molecule has 72 valence electrons. The first-order valence-corrected chi connectivity index (χ1v) is 4.74. The number of hydrogen-bond acceptors (Lipinski definition) is 2. The molecule has 0 saturated carbocycles. The molecule has 2 nitrogen and oxygen atoms in total. The van der Waals surface area contributed by atoms with Crippen molar-refractivity contribution in [2.75, 3.05) is 0 Å². The molecule has 0 aromatic carbocycles. The van der Waals surface area contributed by atoms with Gasteiger partial charge in [0.25, 0.3) is 0 Å². The Hall–Kier alpha value is -0.790. The van der Waals surface area contributed by atoms with Crippen molar-refractivity contribution in [1.82, 2.24) is 5.16 Å². The van der Waals surface area contributed by atoms with Gasteiger partial charge in [-0.2, -0.15) is 0 Å². The van der Waals surface area contributed by atoms with Crippen molar-refractivity contribution in [1.29, 1.82) is 0 Å². The van der Waals surface area contributed by atoms with Crippen LogP contribution in [0.4, 0.5) is 0 Å². The van der Waals surface area contributed by atoms with Crippen LogP contribution in [-0.2, 0) is 6.42 Å². The second kappa shape index (κ2) is 10.2. The molecule has 2 heteroatoms. The van der Waals surface area contributed by atoms with Crippen LogP contribution in [-0.4, -0.2) is 5.16 Å². The number of hydrogen-bond donors (Lipinski definition) is 0. The summed E-state index contributed by atoms with van der Waals surface area (Å²) >= 11 is 0. The number of nitrogens with zero attached hydrogens (tertiary/aromatic N) is 1. The average Bonchev–Trinajstić information content (AvgIpc) is 2.58. The Morgan fingerprint density at radius 2 is 1.75 bits per heavy atom. The molecule has 0 aliphatic rings. The lowest BCUT2D eigenvalue weighted by Crippen LogP contribution is -1.77. The molecule has 0 spiro atoms. The zero-order chi connectivity index (χ0) is 9.98. The van der Waals surface area contributed by atoms with E-state index in [0.717, 1.165) is 12.1 Å². The summed E-state index contributed by atoms with van der Waals surface area (Å²) in [5.74, 6) is 0. The van der Waals surface area contributed by atoms with Gasteiger partial charge in [-0.1, -0.05) is 39.8 Å². The van der Waals surface area contributed by atoms with Gasteiger partial charge in [0.2, 0.25) is 0 Å². The van der Waals surface area contributed by atoms with Gasteiger partial charge in [-0.05, 0) is 13.3 Å². The lowest BCUT2D eigenvalue weighted by atomic mass is 10.2. The van der Waals surface area contributed by atoms with Crippen LogP contribution < -0.4 is 0 Å². The minimum Gasteiger partial charge on any atom is -0.364 e. The highest BCUT2D eigenvalue weighted by Gasteiger charge is 1.96. The van der Waals surface area contributed by atoms with E-state index in [-0.39, 0.29) is 0 Å². The molecule has 0 aliphatic heterocycles. The highest BCUT2D eigenvalue weighted by Crippen LogP contribution is 2.03. The Balaban J connectivity index is 0. The fraction of sp³-hybridized carbons (Fsp3) is 0.700. The van der Waals surface area contributed by atoms with Crippen LogP contribution in [0, 0.1) is 6.92 Å². The van der Waals surface area contributed by atoms with Gasteiger partial charge in [0.15, 0.2) is 0 Å². The third-order valence-corrected chi connectivity index (χ3v) is 1.23. The van der Waals surface area contributed by atoms with Crippen LogP contribution in [0.25, 0.3) is 0 Å². The molecule has 1 rings (SSSR count). The van der Waals surface area contributed by atoms with E-state index in [4.69, 9.17) is 0 Å². The van der Waals surface area contributed by atoms with Crippen molar-refractivity contribution in [3.8, 4) is 0 Å². The second-order valence-corrected chi connectivity index (χ2v) is 1.78. The molecule has 1 heterocycles. The van der Waals surface area contributed by atoms with Crippen molar-refractivity contribution in [3.05, 3.63) is 17.5 Å². The predicted octanol–water partition coefficient (Wildman–Crippen LogP) is 3.60. The van der Waals surface area contributed by atoms with Crippen molar-refractivity contribution >= 4 is 0 Å². The van der Waals surface area contributed by atoms with E-state index in [2.05, 4.69) is 16.6 Å². The highest BCUT2D eigenvalue weighted by molar-refractivity contribution is 5.11. The summed E-state index contributed by atoms with van der Waals surface area (Å²) in [7, 11) is 0. The van der Waals surface area contributed by atoms with Crippen molar-refractivity contribution < 1.29 is 4.52 Å². The Kier molecular flexibility index (Phi) is 11.7. The van der Waals surface area contributed by atoms with Crippen LogP contribution in [0.5, 0.6) is 0 Å². The van der Waals surface area contributed by atoms with E-state index in [0.29, 0.717) is 0 Å². The summed E-state index contributed by atoms with van der Waals surface area (Å²) in [5.41, 5.74) is 2.21. The molecule has 0 amide bonds. The lowest BCUT2D eigenvalue weighted by molar-refractivity contribution is 0.414. The fourth-order valence-electron chi connectivity index (χ4n) is 0.652. The molecular formula is C10H21NO. The molecular weight excluding hydrogens is 150 g/mol. The predicted molar refractivity (Wildman–Crippen MR) is 53.3 cm³/mol. The topological polar surface area (TPSA) is 26.0 Å². The summed E-state index contributed by atoms with van der Waals surface area (Å²) in [6.07, 6.45) is 2.70. The molecule has 0 unspecified atom stereocenters. The largest absolute Gasteiger partial charge is 0.364 e. The lowest BCUT2D eigenvalue weighted by Gasteiger charge is -1.82. The molecule has 1 aromatic heterocycles. The maximum Gasteiger partial charge on any atom is 0.127 e. The standard InChI is InChI=1S/C6H9NO.2C2H6/c1-3-6-4-8-7-5(6)2;2*1-2/h4H,3H2,1-2H3;2*1-2H3. The van der Waals surface area contributed by atoms with Crippen LogP contribution in [0.3, 0.4) is 0 Å². The van der Waals surface area contributed by atoms with Crippen LogP contribution in [0.2, 0.25) is 0 Å². The number of rotatable bonds is 1. The third kappa shape index (κ3) is 4.94. The number of aryl methyl sites for hydroxylation is 2. The minimum absolute atomic E-state index is 1.01. The van der Waals surface area contributed by atoms with Crippen LogP contribution >= 0.6 is 0 Å². The quantitative estimate of drug-likeness (QED) is 0.645. The van der Waals surface area contributed by atoms with Gasteiger partial charge in [-0.3, -0.25) is 0 Å². The van der Waals surface area contributed by atoms with Crippen molar-refractivity contribution in [2.45, 2.75) is 48.0 Å².